The van der Waals surface area contributed by atoms with Crippen LogP contribution in [-0.2, 0) is 14.7 Å². The van der Waals surface area contributed by atoms with Crippen LogP contribution in [0.25, 0.3) is 5.65 Å². The van der Waals surface area contributed by atoms with E-state index in [0.29, 0.717) is 24.5 Å². The van der Waals surface area contributed by atoms with E-state index in [4.69, 9.17) is 10.5 Å². The summed E-state index contributed by atoms with van der Waals surface area (Å²) in [7, 11) is 7.01. The Balaban J connectivity index is 1.82. The standard InChI is InChI=1S/C24H23N8O3Si/c1-4-20(33)31-14-24(36,11-15(31)13-35-3)32-23(27-2)21(22(26)34)17(29-32)9-8-16-18(12-25)30-10-6-5-7-19(30)28-16/h4-7,10,15,27H,1,11,13-14H2,2-3H3,(H2,26,34)/q-1/t15-,24-/m1/s1. The molecule has 0 spiro atoms. The number of ether oxygens (including phenoxy) is 1. The fourth-order valence-corrected chi connectivity index (χ4v) is 5.00. The number of aromatic nitrogens is 4. The summed E-state index contributed by atoms with van der Waals surface area (Å²) in [6.07, 6.45) is 3.40. The molecule has 1 aliphatic rings. The molecule has 3 N–H and O–H groups in total. The molecular formula is C24H23N8O3Si-. The lowest BCUT2D eigenvalue weighted by Crippen LogP contribution is -2.41. The highest BCUT2D eigenvalue weighted by molar-refractivity contribution is 6.15. The van der Waals surface area contributed by atoms with Gasteiger partial charge < -0.3 is 30.9 Å². The van der Waals surface area contributed by atoms with Crippen LogP contribution in [0.4, 0.5) is 5.82 Å². The van der Waals surface area contributed by atoms with Crippen molar-refractivity contribution in [2.45, 2.75) is 17.6 Å². The molecule has 0 aromatic carbocycles. The van der Waals surface area contributed by atoms with E-state index in [1.165, 1.54) is 6.08 Å². The number of anilines is 1. The molecule has 1 fully saturated rings. The van der Waals surface area contributed by atoms with Crippen molar-refractivity contribution in [2.75, 3.05) is 32.6 Å². The van der Waals surface area contributed by atoms with Gasteiger partial charge in [-0.05, 0) is 36.5 Å². The number of carbonyl (C=O) groups is 2. The van der Waals surface area contributed by atoms with Crippen LogP contribution in [0.3, 0.4) is 0 Å². The van der Waals surface area contributed by atoms with E-state index < -0.39 is 11.1 Å². The number of nitrogens with one attached hydrogen (secondary N) is 1. The molecule has 1 saturated heterocycles. The number of amides is 2. The predicted molar refractivity (Wildman–Crippen MR) is 132 cm³/mol. The van der Waals surface area contributed by atoms with Crippen LogP contribution in [0.5, 0.6) is 0 Å². The van der Waals surface area contributed by atoms with E-state index in [2.05, 4.69) is 50.1 Å². The van der Waals surface area contributed by atoms with E-state index in [9.17, 15) is 14.9 Å². The molecule has 12 heteroatoms. The van der Waals surface area contributed by atoms with Gasteiger partial charge in [0.05, 0.1) is 12.6 Å². The van der Waals surface area contributed by atoms with Crippen molar-refractivity contribution in [3.63, 3.8) is 0 Å². The zero-order valence-electron chi connectivity index (χ0n) is 19.8. The van der Waals surface area contributed by atoms with Gasteiger partial charge in [-0.25, -0.2) is 4.98 Å². The van der Waals surface area contributed by atoms with Crippen molar-refractivity contribution in [1.29, 1.82) is 5.26 Å². The van der Waals surface area contributed by atoms with E-state index in [-0.39, 0.29) is 41.1 Å². The van der Waals surface area contributed by atoms with Crippen molar-refractivity contribution in [3.05, 3.63) is 59.7 Å². The van der Waals surface area contributed by atoms with Crippen molar-refractivity contribution < 1.29 is 14.3 Å². The number of pyridine rings is 1. The SMILES string of the molecule is C=CC(=O)N1C[C@@]([Si-])(n2nc(C#Cc3nc4ccccn4c3C#N)c(C(N)=O)c2NC)C[C@@H]1COC. The average Bonchev–Trinajstić information content (AvgIpc) is 3.53. The van der Waals surface area contributed by atoms with Crippen LogP contribution in [-0.4, -0.2) is 79.5 Å². The Bertz CT molecular complexity index is 1470. The zero-order chi connectivity index (χ0) is 26.0. The molecule has 11 nitrogen and oxygen atoms in total. The maximum atomic E-state index is 12.5. The number of imidazole rings is 1. The van der Waals surface area contributed by atoms with E-state index in [1.54, 1.807) is 52.5 Å². The first-order chi connectivity index (χ1) is 17.3. The highest BCUT2D eigenvalue weighted by Gasteiger charge is 2.39. The van der Waals surface area contributed by atoms with E-state index >= 15 is 0 Å². The molecule has 36 heavy (non-hydrogen) atoms. The molecule has 2 amide bonds. The fraction of sp³-hybridized carbons (Fsp3) is 0.292. The zero-order valence-corrected chi connectivity index (χ0v) is 20.8. The van der Waals surface area contributed by atoms with Crippen molar-refractivity contribution in [3.8, 4) is 17.9 Å². The van der Waals surface area contributed by atoms with Crippen molar-refractivity contribution in [2.24, 2.45) is 5.73 Å². The summed E-state index contributed by atoms with van der Waals surface area (Å²) in [5.41, 5.74) is 6.99. The van der Waals surface area contributed by atoms with Crippen LogP contribution in [0.2, 0.25) is 0 Å². The second-order valence-corrected chi connectivity index (χ2v) is 9.14. The Morgan fingerprint density at radius 3 is 2.81 bits per heavy atom. The number of nitrogens with two attached hydrogens (primary N) is 1. The third-order valence-corrected chi connectivity index (χ3v) is 6.55. The number of fused-ring (bicyclic) bond motifs is 1. The number of hydrogen-bond acceptors (Lipinski definition) is 7. The normalized spacial score (nSPS) is 18.9. The van der Waals surface area contributed by atoms with Gasteiger partial charge in [0.25, 0.3) is 5.91 Å². The second kappa shape index (κ2) is 9.69. The summed E-state index contributed by atoms with van der Waals surface area (Å²) >= 11 is 0. The lowest BCUT2D eigenvalue weighted by Gasteiger charge is -2.39. The van der Waals surface area contributed by atoms with Gasteiger partial charge in [0.1, 0.15) is 23.1 Å². The molecule has 0 aliphatic carbocycles. The van der Waals surface area contributed by atoms with Gasteiger partial charge in [0.15, 0.2) is 17.1 Å². The highest BCUT2D eigenvalue weighted by atomic mass is 28.1. The summed E-state index contributed by atoms with van der Waals surface area (Å²) in [4.78, 5) is 31.0. The van der Waals surface area contributed by atoms with Gasteiger partial charge in [-0.15, -0.1) is 5.16 Å². The summed E-state index contributed by atoms with van der Waals surface area (Å²) < 4.78 is 8.51. The minimum absolute atomic E-state index is 0.0849. The summed E-state index contributed by atoms with van der Waals surface area (Å²) in [6, 6.07) is 7.21. The summed E-state index contributed by atoms with van der Waals surface area (Å²) in [5, 5.41) is 16.3. The third kappa shape index (κ3) is 4.13. The number of hydrogen-bond donors (Lipinski definition) is 2. The van der Waals surface area contributed by atoms with Crippen LogP contribution in [0.1, 0.15) is 33.9 Å². The van der Waals surface area contributed by atoms with Gasteiger partial charge in [0.2, 0.25) is 5.91 Å². The Labute approximate surface area is 210 Å². The Morgan fingerprint density at radius 2 is 2.17 bits per heavy atom. The largest absolute Gasteiger partial charge is 0.630 e. The molecule has 2 radical (unpaired) electrons. The monoisotopic (exact) mass is 499 g/mol. The predicted octanol–water partition coefficient (Wildman–Crippen LogP) is 0.197. The van der Waals surface area contributed by atoms with Crippen LogP contribution >= 0.6 is 0 Å². The minimum Gasteiger partial charge on any atom is -0.630 e. The van der Waals surface area contributed by atoms with Crippen molar-refractivity contribution >= 4 is 33.5 Å². The minimum atomic E-state index is -0.884. The average molecular weight is 500 g/mol. The highest BCUT2D eigenvalue weighted by Crippen LogP contribution is 2.35. The molecule has 0 bridgehead atoms. The first-order valence-corrected chi connectivity index (χ1v) is 11.4. The quantitative estimate of drug-likeness (QED) is 0.280. The lowest BCUT2D eigenvalue weighted by molar-refractivity contribution is -0.127. The number of primary amides is 1. The molecule has 0 saturated carbocycles. The number of methoxy groups -OCH3 is 1. The molecule has 3 aromatic rings. The topological polar surface area (TPSA) is 144 Å². The molecule has 0 unspecified atom stereocenters. The van der Waals surface area contributed by atoms with Gasteiger partial charge in [-0.3, -0.25) is 18.7 Å². The molecule has 4 heterocycles. The molecule has 4 rings (SSSR count). The smallest absolute Gasteiger partial charge is 0.255 e. The van der Waals surface area contributed by atoms with Crippen LogP contribution in [0, 0.1) is 23.2 Å². The van der Waals surface area contributed by atoms with E-state index in [1.807, 2.05) is 0 Å². The number of carbonyl (C=O) groups excluding carboxylic acids is 2. The Hall–Kier alpha value is -4.39. The Morgan fingerprint density at radius 1 is 1.42 bits per heavy atom. The first-order valence-electron chi connectivity index (χ1n) is 10.9. The first kappa shape index (κ1) is 24.7. The molecule has 3 aromatic heterocycles. The Kier molecular flexibility index (Phi) is 6.66. The van der Waals surface area contributed by atoms with Gasteiger partial charge in [-0.2, -0.15) is 10.4 Å². The number of nitrogens with zero attached hydrogens (tertiary/aromatic N) is 6. The molecule has 182 valence electrons. The molecular weight excluding hydrogens is 476 g/mol. The molecule has 2 atom stereocenters. The second-order valence-electron chi connectivity index (χ2n) is 8.21. The number of nitriles is 1. The maximum absolute atomic E-state index is 12.5. The van der Waals surface area contributed by atoms with Gasteiger partial charge >= 0.3 is 0 Å². The lowest BCUT2D eigenvalue weighted by atomic mass is 10.1. The molecule has 1 aliphatic heterocycles. The van der Waals surface area contributed by atoms with E-state index in [0.717, 1.165) is 0 Å². The van der Waals surface area contributed by atoms with Crippen LogP contribution in [0.15, 0.2) is 37.1 Å². The third-order valence-electron chi connectivity index (χ3n) is 5.97. The van der Waals surface area contributed by atoms with Gasteiger partial charge in [-0.1, -0.05) is 12.6 Å². The fourth-order valence-electron chi connectivity index (χ4n) is 4.43. The summed E-state index contributed by atoms with van der Waals surface area (Å²) in [5.74, 6) is 5.10. The maximum Gasteiger partial charge on any atom is 0.255 e. The summed E-state index contributed by atoms with van der Waals surface area (Å²) in [6.45, 7) is 4.12. The number of rotatable bonds is 6. The van der Waals surface area contributed by atoms with Crippen molar-refractivity contribution in [1.82, 2.24) is 24.1 Å². The number of likely N-dealkylation sites (tertiary alicyclic amines) is 1. The van der Waals surface area contributed by atoms with Crippen LogP contribution < -0.4 is 11.1 Å². The van der Waals surface area contributed by atoms with Gasteiger partial charge in [0, 0.05) is 26.9 Å².